The number of anilines is 1. The maximum Gasteiger partial charge on any atom is 0.150 e. The third kappa shape index (κ3) is 3.15. The smallest absolute Gasteiger partial charge is 0.150 e. The zero-order chi connectivity index (χ0) is 12.5. The second-order valence-electron chi connectivity index (χ2n) is 4.19. The predicted octanol–water partition coefficient (Wildman–Crippen LogP) is 1.95. The third-order valence-corrected chi connectivity index (χ3v) is 4.56. The molecule has 1 fully saturated rings. The molecule has 1 aliphatic rings. The van der Waals surface area contributed by atoms with E-state index in [1.807, 2.05) is 0 Å². The highest BCUT2D eigenvalue weighted by molar-refractivity contribution is 7.91. The van der Waals surface area contributed by atoms with E-state index in [0.29, 0.717) is 12.8 Å². The molecule has 1 heterocycles. The summed E-state index contributed by atoms with van der Waals surface area (Å²) in [6, 6.07) is 3.24. The summed E-state index contributed by atoms with van der Waals surface area (Å²) in [5.74, 6) is -1.04. The lowest BCUT2D eigenvalue weighted by Crippen LogP contribution is -2.32. The van der Waals surface area contributed by atoms with E-state index in [-0.39, 0.29) is 23.2 Å². The molecular weight excluding hydrogens is 248 g/mol. The van der Waals surface area contributed by atoms with Crippen LogP contribution in [0.1, 0.15) is 12.8 Å². The van der Waals surface area contributed by atoms with Crippen molar-refractivity contribution in [3.05, 3.63) is 29.8 Å². The van der Waals surface area contributed by atoms with Gasteiger partial charge >= 0.3 is 0 Å². The molecule has 94 valence electrons. The number of hydrogen-bond donors (Lipinski definition) is 1. The van der Waals surface area contributed by atoms with Crippen molar-refractivity contribution < 1.29 is 17.2 Å². The molecule has 0 unspecified atom stereocenters. The zero-order valence-corrected chi connectivity index (χ0v) is 9.93. The standard InChI is InChI=1S/C11H13F2NO2S/c12-8-1-2-11(10(13)7-8)14-9-3-5-17(15,16)6-4-9/h1-2,7,9,14H,3-6H2. The van der Waals surface area contributed by atoms with Crippen LogP contribution in [0.3, 0.4) is 0 Å². The van der Waals surface area contributed by atoms with E-state index in [0.717, 1.165) is 6.07 Å². The lowest BCUT2D eigenvalue weighted by Gasteiger charge is -2.24. The third-order valence-electron chi connectivity index (χ3n) is 2.85. The molecular formula is C11H13F2NO2S. The van der Waals surface area contributed by atoms with Crippen LogP contribution in [0.2, 0.25) is 0 Å². The summed E-state index contributed by atoms with van der Waals surface area (Å²) in [7, 11) is -2.92. The number of benzene rings is 1. The Morgan fingerprint density at radius 3 is 2.41 bits per heavy atom. The first-order valence-corrected chi connectivity index (χ1v) is 7.20. The van der Waals surface area contributed by atoms with Crippen LogP contribution in [0.15, 0.2) is 18.2 Å². The fraction of sp³-hybridized carbons (Fsp3) is 0.455. The Balaban J connectivity index is 2.02. The summed E-state index contributed by atoms with van der Waals surface area (Å²) in [4.78, 5) is 0. The molecule has 0 amide bonds. The fourth-order valence-corrected chi connectivity index (χ4v) is 3.35. The number of hydrogen-bond acceptors (Lipinski definition) is 3. The van der Waals surface area contributed by atoms with Crippen molar-refractivity contribution in [3.8, 4) is 0 Å². The van der Waals surface area contributed by atoms with Crippen LogP contribution >= 0.6 is 0 Å². The van der Waals surface area contributed by atoms with Gasteiger partial charge in [0.25, 0.3) is 0 Å². The molecule has 0 saturated carbocycles. The van der Waals surface area contributed by atoms with Crippen LogP contribution in [-0.4, -0.2) is 26.0 Å². The van der Waals surface area contributed by atoms with Crippen molar-refractivity contribution in [3.63, 3.8) is 0 Å². The molecule has 1 N–H and O–H groups in total. The van der Waals surface area contributed by atoms with Gasteiger partial charge in [0.1, 0.15) is 21.5 Å². The molecule has 17 heavy (non-hydrogen) atoms. The van der Waals surface area contributed by atoms with Gasteiger partial charge in [0.15, 0.2) is 0 Å². The maximum absolute atomic E-state index is 13.3. The van der Waals surface area contributed by atoms with Crippen molar-refractivity contribution in [2.45, 2.75) is 18.9 Å². The van der Waals surface area contributed by atoms with Crippen molar-refractivity contribution in [1.29, 1.82) is 0 Å². The Morgan fingerprint density at radius 2 is 1.82 bits per heavy atom. The van der Waals surface area contributed by atoms with E-state index in [2.05, 4.69) is 5.32 Å². The zero-order valence-electron chi connectivity index (χ0n) is 9.12. The molecule has 1 aromatic carbocycles. The molecule has 1 saturated heterocycles. The highest BCUT2D eigenvalue weighted by Gasteiger charge is 2.23. The first-order chi connectivity index (χ1) is 7.96. The number of nitrogens with one attached hydrogen (secondary N) is 1. The normalized spacial score (nSPS) is 20.1. The molecule has 6 heteroatoms. The first-order valence-electron chi connectivity index (χ1n) is 5.38. The topological polar surface area (TPSA) is 46.2 Å². The molecule has 0 atom stereocenters. The van der Waals surface area contributed by atoms with E-state index in [1.54, 1.807) is 0 Å². The number of sulfone groups is 1. The summed E-state index contributed by atoms with van der Waals surface area (Å²) >= 11 is 0. The largest absolute Gasteiger partial charge is 0.380 e. The van der Waals surface area contributed by atoms with Gasteiger partial charge < -0.3 is 5.32 Å². The fourth-order valence-electron chi connectivity index (χ4n) is 1.86. The van der Waals surface area contributed by atoms with E-state index >= 15 is 0 Å². The van der Waals surface area contributed by atoms with Crippen LogP contribution in [0, 0.1) is 11.6 Å². The van der Waals surface area contributed by atoms with Crippen LogP contribution in [-0.2, 0) is 9.84 Å². The van der Waals surface area contributed by atoms with E-state index in [9.17, 15) is 17.2 Å². The monoisotopic (exact) mass is 261 g/mol. The number of rotatable bonds is 2. The molecule has 0 radical (unpaired) electrons. The quantitative estimate of drug-likeness (QED) is 0.885. The van der Waals surface area contributed by atoms with Gasteiger partial charge in [0, 0.05) is 12.1 Å². The van der Waals surface area contributed by atoms with Crippen LogP contribution in [0.5, 0.6) is 0 Å². The molecule has 2 rings (SSSR count). The van der Waals surface area contributed by atoms with Gasteiger partial charge in [-0.2, -0.15) is 0 Å². The molecule has 1 aromatic rings. The summed E-state index contributed by atoms with van der Waals surface area (Å²) in [5, 5.41) is 2.91. The van der Waals surface area contributed by atoms with E-state index in [1.165, 1.54) is 12.1 Å². The molecule has 1 aliphatic heterocycles. The van der Waals surface area contributed by atoms with Gasteiger partial charge in [-0.3, -0.25) is 0 Å². The minimum absolute atomic E-state index is 0.0708. The van der Waals surface area contributed by atoms with Crippen molar-refractivity contribution in [2.24, 2.45) is 0 Å². The van der Waals surface area contributed by atoms with E-state index < -0.39 is 21.5 Å². The highest BCUT2D eigenvalue weighted by Crippen LogP contribution is 2.20. The predicted molar refractivity (Wildman–Crippen MR) is 61.7 cm³/mol. The van der Waals surface area contributed by atoms with Crippen LogP contribution < -0.4 is 5.32 Å². The van der Waals surface area contributed by atoms with Gasteiger partial charge in [-0.15, -0.1) is 0 Å². The van der Waals surface area contributed by atoms with Crippen molar-refractivity contribution >= 4 is 15.5 Å². The molecule has 0 aromatic heterocycles. The maximum atomic E-state index is 13.3. The molecule has 0 spiro atoms. The van der Waals surface area contributed by atoms with Crippen LogP contribution in [0.4, 0.5) is 14.5 Å². The van der Waals surface area contributed by atoms with Crippen molar-refractivity contribution in [2.75, 3.05) is 16.8 Å². The van der Waals surface area contributed by atoms with Gasteiger partial charge in [-0.05, 0) is 25.0 Å². The summed E-state index contributed by atoms with van der Waals surface area (Å²) in [6.45, 7) is 0. The second kappa shape index (κ2) is 4.60. The van der Waals surface area contributed by atoms with E-state index in [4.69, 9.17) is 0 Å². The SMILES string of the molecule is O=S1(=O)CCC(Nc2ccc(F)cc2F)CC1. The molecule has 3 nitrogen and oxygen atoms in total. The number of halogens is 2. The Hall–Kier alpha value is -1.17. The van der Waals surface area contributed by atoms with Gasteiger partial charge in [-0.1, -0.05) is 0 Å². The van der Waals surface area contributed by atoms with Gasteiger partial charge in [0.2, 0.25) is 0 Å². The van der Waals surface area contributed by atoms with Gasteiger partial charge in [0.05, 0.1) is 17.2 Å². The Labute approximate surface area is 98.8 Å². The Kier molecular flexibility index (Phi) is 3.33. The molecule has 0 bridgehead atoms. The Morgan fingerprint density at radius 1 is 1.18 bits per heavy atom. The Bertz CT molecular complexity index is 502. The lowest BCUT2D eigenvalue weighted by molar-refractivity contribution is 0.555. The van der Waals surface area contributed by atoms with Gasteiger partial charge in [-0.25, -0.2) is 17.2 Å². The minimum Gasteiger partial charge on any atom is -0.380 e. The average molecular weight is 261 g/mol. The second-order valence-corrected chi connectivity index (χ2v) is 6.50. The van der Waals surface area contributed by atoms with Crippen molar-refractivity contribution in [1.82, 2.24) is 0 Å². The summed E-state index contributed by atoms with van der Waals surface area (Å²) < 4.78 is 48.4. The average Bonchev–Trinajstić information content (AvgIpc) is 2.25. The summed E-state index contributed by atoms with van der Waals surface area (Å²) in [5.41, 5.74) is 0.218. The minimum atomic E-state index is -2.92. The molecule has 0 aliphatic carbocycles. The van der Waals surface area contributed by atoms with Crippen LogP contribution in [0.25, 0.3) is 0 Å². The first kappa shape index (κ1) is 12.3. The highest BCUT2D eigenvalue weighted by atomic mass is 32.2. The summed E-state index contributed by atoms with van der Waals surface area (Å²) in [6.07, 6.45) is 0.915. The lowest BCUT2D eigenvalue weighted by atomic mass is 10.1.